The second-order valence-corrected chi connectivity index (χ2v) is 5.92. The van der Waals surface area contributed by atoms with E-state index in [9.17, 15) is 4.79 Å². The first-order chi connectivity index (χ1) is 10.2. The summed E-state index contributed by atoms with van der Waals surface area (Å²) in [4.78, 5) is 15.1. The molecule has 4 nitrogen and oxygen atoms in total. The lowest BCUT2D eigenvalue weighted by molar-refractivity contribution is -0.145. The molecule has 1 aliphatic rings. The SMILES string of the molecule is NC(Cc1c[nH]c2ccccc12)C(=O)OCCC1CCC1. The van der Waals surface area contributed by atoms with Gasteiger partial charge in [-0.3, -0.25) is 4.79 Å². The van der Waals surface area contributed by atoms with E-state index in [1.807, 2.05) is 30.5 Å². The van der Waals surface area contributed by atoms with Crippen molar-refractivity contribution in [3.63, 3.8) is 0 Å². The van der Waals surface area contributed by atoms with Gasteiger partial charge in [0.25, 0.3) is 0 Å². The number of para-hydroxylation sites is 1. The Morgan fingerprint density at radius 1 is 1.38 bits per heavy atom. The van der Waals surface area contributed by atoms with Crippen molar-refractivity contribution in [2.75, 3.05) is 6.61 Å². The van der Waals surface area contributed by atoms with Crippen LogP contribution in [0.2, 0.25) is 0 Å². The lowest BCUT2D eigenvalue weighted by Gasteiger charge is -2.25. The monoisotopic (exact) mass is 286 g/mol. The molecule has 4 heteroatoms. The summed E-state index contributed by atoms with van der Waals surface area (Å²) in [6.07, 6.45) is 7.28. The van der Waals surface area contributed by atoms with Crippen molar-refractivity contribution in [1.29, 1.82) is 0 Å². The zero-order valence-corrected chi connectivity index (χ0v) is 12.2. The van der Waals surface area contributed by atoms with Crippen LogP contribution in [0.1, 0.15) is 31.2 Å². The lowest BCUT2D eigenvalue weighted by atomic mass is 9.83. The Balaban J connectivity index is 1.52. The average Bonchev–Trinajstić information content (AvgIpc) is 2.85. The summed E-state index contributed by atoms with van der Waals surface area (Å²) in [6, 6.07) is 7.43. The highest BCUT2D eigenvalue weighted by molar-refractivity contribution is 5.84. The van der Waals surface area contributed by atoms with E-state index >= 15 is 0 Å². The molecule has 1 saturated carbocycles. The number of nitrogens with one attached hydrogen (secondary N) is 1. The summed E-state index contributed by atoms with van der Waals surface area (Å²) in [5, 5.41) is 1.12. The Kier molecular flexibility index (Phi) is 4.25. The summed E-state index contributed by atoms with van der Waals surface area (Å²) >= 11 is 0. The van der Waals surface area contributed by atoms with E-state index in [2.05, 4.69) is 4.98 Å². The Morgan fingerprint density at radius 3 is 2.95 bits per heavy atom. The fraction of sp³-hybridized carbons (Fsp3) is 0.471. The molecule has 2 aromatic rings. The Morgan fingerprint density at radius 2 is 2.19 bits per heavy atom. The molecule has 0 saturated heterocycles. The average molecular weight is 286 g/mol. The number of fused-ring (bicyclic) bond motifs is 1. The molecular formula is C17H22N2O2. The van der Waals surface area contributed by atoms with Crippen LogP contribution in [0.3, 0.4) is 0 Å². The largest absolute Gasteiger partial charge is 0.465 e. The van der Waals surface area contributed by atoms with Gasteiger partial charge in [-0.25, -0.2) is 0 Å². The normalized spacial score (nSPS) is 16.6. The molecule has 0 aliphatic heterocycles. The molecule has 1 unspecified atom stereocenters. The predicted molar refractivity (Wildman–Crippen MR) is 82.9 cm³/mol. The van der Waals surface area contributed by atoms with Crippen LogP contribution >= 0.6 is 0 Å². The number of hydrogen-bond acceptors (Lipinski definition) is 3. The van der Waals surface area contributed by atoms with E-state index in [1.165, 1.54) is 19.3 Å². The van der Waals surface area contributed by atoms with Crippen molar-refractivity contribution in [2.24, 2.45) is 11.7 Å². The lowest BCUT2D eigenvalue weighted by Crippen LogP contribution is -2.34. The molecule has 0 amide bonds. The molecule has 3 N–H and O–H groups in total. The van der Waals surface area contributed by atoms with Gasteiger partial charge in [0, 0.05) is 23.5 Å². The number of ether oxygens (including phenoxy) is 1. The highest BCUT2D eigenvalue weighted by Crippen LogP contribution is 2.29. The number of aromatic nitrogens is 1. The first-order valence-corrected chi connectivity index (χ1v) is 7.71. The molecule has 1 heterocycles. The number of aromatic amines is 1. The van der Waals surface area contributed by atoms with Crippen LogP contribution in [0.4, 0.5) is 0 Å². The highest BCUT2D eigenvalue weighted by Gasteiger charge is 2.20. The molecular weight excluding hydrogens is 264 g/mol. The van der Waals surface area contributed by atoms with Crippen LogP contribution in [0.25, 0.3) is 10.9 Å². The standard InChI is InChI=1S/C17H22N2O2/c18-15(17(20)21-9-8-12-4-3-5-12)10-13-11-19-16-7-2-1-6-14(13)16/h1-2,6-7,11-12,15,19H,3-5,8-10,18H2. The number of H-pyrrole nitrogens is 1. The fourth-order valence-corrected chi connectivity index (χ4v) is 2.84. The molecule has 1 aliphatic carbocycles. The van der Waals surface area contributed by atoms with E-state index < -0.39 is 6.04 Å². The number of rotatable bonds is 6. The Hall–Kier alpha value is -1.81. The van der Waals surface area contributed by atoms with Gasteiger partial charge < -0.3 is 15.5 Å². The number of carbonyl (C=O) groups excluding carboxylic acids is 1. The van der Waals surface area contributed by atoms with Crippen molar-refractivity contribution in [1.82, 2.24) is 4.98 Å². The van der Waals surface area contributed by atoms with E-state index in [1.54, 1.807) is 0 Å². The van der Waals surface area contributed by atoms with E-state index in [4.69, 9.17) is 10.5 Å². The molecule has 112 valence electrons. The van der Waals surface area contributed by atoms with Gasteiger partial charge in [0.05, 0.1) is 6.61 Å². The van der Waals surface area contributed by atoms with Gasteiger partial charge >= 0.3 is 5.97 Å². The molecule has 1 aromatic carbocycles. The summed E-state index contributed by atoms with van der Waals surface area (Å²) in [7, 11) is 0. The van der Waals surface area contributed by atoms with Gasteiger partial charge in [-0.2, -0.15) is 0 Å². The molecule has 1 aromatic heterocycles. The van der Waals surface area contributed by atoms with Crippen molar-refractivity contribution < 1.29 is 9.53 Å². The van der Waals surface area contributed by atoms with Crippen LogP contribution in [-0.2, 0) is 16.0 Å². The highest BCUT2D eigenvalue weighted by atomic mass is 16.5. The van der Waals surface area contributed by atoms with Gasteiger partial charge in [0.1, 0.15) is 6.04 Å². The maximum Gasteiger partial charge on any atom is 0.323 e. The van der Waals surface area contributed by atoms with Crippen molar-refractivity contribution >= 4 is 16.9 Å². The number of hydrogen-bond donors (Lipinski definition) is 2. The summed E-state index contributed by atoms with van der Waals surface area (Å²) in [6.45, 7) is 0.505. The predicted octanol–water partition coefficient (Wildman–Crippen LogP) is 2.77. The second kappa shape index (κ2) is 6.31. The minimum absolute atomic E-state index is 0.292. The Labute approximate surface area is 124 Å². The first-order valence-electron chi connectivity index (χ1n) is 7.71. The van der Waals surface area contributed by atoms with E-state index in [0.717, 1.165) is 28.8 Å². The minimum atomic E-state index is -0.592. The van der Waals surface area contributed by atoms with E-state index in [0.29, 0.717) is 13.0 Å². The van der Waals surface area contributed by atoms with Crippen LogP contribution in [0.15, 0.2) is 30.5 Å². The second-order valence-electron chi connectivity index (χ2n) is 5.92. The summed E-state index contributed by atoms with van der Waals surface area (Å²) < 4.78 is 5.30. The van der Waals surface area contributed by atoms with Crippen LogP contribution in [0, 0.1) is 5.92 Å². The summed E-state index contributed by atoms with van der Waals surface area (Å²) in [5.41, 5.74) is 8.11. The maximum atomic E-state index is 11.9. The van der Waals surface area contributed by atoms with Gasteiger partial charge in [0.2, 0.25) is 0 Å². The van der Waals surface area contributed by atoms with Crippen molar-refractivity contribution in [3.8, 4) is 0 Å². The van der Waals surface area contributed by atoms with Crippen molar-refractivity contribution in [3.05, 3.63) is 36.0 Å². The number of esters is 1. The number of nitrogens with two attached hydrogens (primary N) is 1. The van der Waals surface area contributed by atoms with Gasteiger partial charge in [0.15, 0.2) is 0 Å². The molecule has 21 heavy (non-hydrogen) atoms. The number of benzene rings is 1. The third-order valence-corrected chi connectivity index (χ3v) is 4.41. The smallest absolute Gasteiger partial charge is 0.323 e. The van der Waals surface area contributed by atoms with Gasteiger partial charge in [-0.1, -0.05) is 37.5 Å². The molecule has 1 atom stereocenters. The van der Waals surface area contributed by atoms with Crippen molar-refractivity contribution in [2.45, 2.75) is 38.1 Å². The third kappa shape index (κ3) is 3.27. The van der Waals surface area contributed by atoms with Crippen LogP contribution in [0.5, 0.6) is 0 Å². The topological polar surface area (TPSA) is 68.1 Å². The fourth-order valence-electron chi connectivity index (χ4n) is 2.84. The Bertz CT molecular complexity index is 616. The third-order valence-electron chi connectivity index (χ3n) is 4.41. The van der Waals surface area contributed by atoms with Crippen LogP contribution in [-0.4, -0.2) is 23.6 Å². The van der Waals surface area contributed by atoms with Gasteiger partial charge in [-0.05, 0) is 24.0 Å². The minimum Gasteiger partial charge on any atom is -0.465 e. The maximum absolute atomic E-state index is 11.9. The molecule has 1 fully saturated rings. The molecule has 0 radical (unpaired) electrons. The molecule has 3 rings (SSSR count). The number of carbonyl (C=O) groups is 1. The zero-order chi connectivity index (χ0) is 14.7. The molecule has 0 spiro atoms. The zero-order valence-electron chi connectivity index (χ0n) is 12.2. The van der Waals surface area contributed by atoms with Crippen LogP contribution < -0.4 is 5.73 Å². The molecule has 0 bridgehead atoms. The quantitative estimate of drug-likeness (QED) is 0.802. The summed E-state index contributed by atoms with van der Waals surface area (Å²) in [5.74, 6) is 0.460. The first kappa shape index (κ1) is 14.1. The van der Waals surface area contributed by atoms with Gasteiger partial charge in [-0.15, -0.1) is 0 Å². The van der Waals surface area contributed by atoms with E-state index in [-0.39, 0.29) is 5.97 Å².